The van der Waals surface area contributed by atoms with Crippen LogP contribution in [-0.2, 0) is 11.3 Å². The number of hydrogen-bond donors (Lipinski definition) is 2. The lowest BCUT2D eigenvalue weighted by Crippen LogP contribution is -2.44. The predicted octanol–water partition coefficient (Wildman–Crippen LogP) is 3.13. The monoisotopic (exact) mass is 464 g/mol. The number of aliphatic imine (C=N–C) groups is 1. The van der Waals surface area contributed by atoms with Gasteiger partial charge in [-0.25, -0.2) is 0 Å². The topological polar surface area (TPSA) is 56.7 Å². The molecule has 1 unspecified atom stereocenters. The number of carbonyl (C=O) groups is 1. The van der Waals surface area contributed by atoms with Crippen molar-refractivity contribution in [2.75, 3.05) is 20.1 Å². The van der Waals surface area contributed by atoms with E-state index in [1.54, 1.807) is 18.4 Å². The first kappa shape index (κ1) is 21.2. The molecular weight excluding hydrogens is 435 g/mol. The molecule has 1 aliphatic heterocycles. The molecule has 136 valence electrons. The highest BCUT2D eigenvalue weighted by Crippen LogP contribution is 2.17. The van der Waals surface area contributed by atoms with E-state index in [1.165, 1.54) is 16.2 Å². The quantitative estimate of drug-likeness (QED) is 0.400. The van der Waals surface area contributed by atoms with Gasteiger partial charge in [0.15, 0.2) is 5.96 Å². The Morgan fingerprint density at radius 3 is 2.79 bits per heavy atom. The van der Waals surface area contributed by atoms with Crippen LogP contribution >= 0.6 is 35.3 Å². The van der Waals surface area contributed by atoms with Crippen LogP contribution in [0.25, 0.3) is 0 Å². The standard InChI is InChI=1S/C17H28N4OS.HI/c1-13-6-4-5-11-21(13)16(22)9-10-19-17(18-3)20-12-15-8-7-14(2)23-15;/h7-8,13H,4-6,9-12H2,1-3H3,(H2,18,19,20);1H. The lowest BCUT2D eigenvalue weighted by atomic mass is 10.0. The third-order valence-electron chi connectivity index (χ3n) is 4.20. The number of likely N-dealkylation sites (tertiary alicyclic amines) is 1. The van der Waals surface area contributed by atoms with Crippen molar-refractivity contribution >= 4 is 47.2 Å². The van der Waals surface area contributed by atoms with Crippen LogP contribution < -0.4 is 10.6 Å². The highest BCUT2D eigenvalue weighted by atomic mass is 127. The van der Waals surface area contributed by atoms with Gasteiger partial charge in [0, 0.05) is 42.4 Å². The second-order valence-electron chi connectivity index (χ2n) is 6.05. The van der Waals surface area contributed by atoms with Crippen molar-refractivity contribution in [2.45, 2.75) is 52.1 Å². The minimum Gasteiger partial charge on any atom is -0.356 e. The van der Waals surface area contributed by atoms with Gasteiger partial charge in [-0.05, 0) is 45.2 Å². The van der Waals surface area contributed by atoms with E-state index in [1.807, 2.05) is 4.90 Å². The van der Waals surface area contributed by atoms with Crippen molar-refractivity contribution in [3.63, 3.8) is 0 Å². The van der Waals surface area contributed by atoms with Crippen molar-refractivity contribution in [1.29, 1.82) is 0 Å². The van der Waals surface area contributed by atoms with Crippen molar-refractivity contribution in [3.8, 4) is 0 Å². The molecule has 2 heterocycles. The molecule has 1 aromatic rings. The van der Waals surface area contributed by atoms with Gasteiger partial charge in [-0.2, -0.15) is 0 Å². The SMILES string of the molecule is CN=C(NCCC(=O)N1CCCCC1C)NCc1ccc(C)s1.I. The molecule has 0 saturated carbocycles. The Labute approximate surface area is 166 Å². The van der Waals surface area contributed by atoms with E-state index < -0.39 is 0 Å². The fourth-order valence-corrected chi connectivity index (χ4v) is 3.70. The van der Waals surface area contributed by atoms with E-state index in [-0.39, 0.29) is 29.9 Å². The predicted molar refractivity (Wildman–Crippen MR) is 112 cm³/mol. The zero-order valence-corrected chi connectivity index (χ0v) is 17.9. The highest BCUT2D eigenvalue weighted by Gasteiger charge is 2.22. The Morgan fingerprint density at radius 1 is 1.38 bits per heavy atom. The van der Waals surface area contributed by atoms with E-state index in [2.05, 4.69) is 41.6 Å². The number of nitrogens with one attached hydrogen (secondary N) is 2. The summed E-state index contributed by atoms with van der Waals surface area (Å²) in [5, 5.41) is 6.51. The summed E-state index contributed by atoms with van der Waals surface area (Å²) >= 11 is 1.78. The van der Waals surface area contributed by atoms with Crippen molar-refractivity contribution in [3.05, 3.63) is 21.9 Å². The van der Waals surface area contributed by atoms with Crippen molar-refractivity contribution in [2.24, 2.45) is 4.99 Å². The van der Waals surface area contributed by atoms with Crippen LogP contribution in [0.3, 0.4) is 0 Å². The first-order valence-electron chi connectivity index (χ1n) is 8.39. The molecule has 2 N–H and O–H groups in total. The van der Waals surface area contributed by atoms with E-state index in [4.69, 9.17) is 0 Å². The minimum absolute atomic E-state index is 0. The summed E-state index contributed by atoms with van der Waals surface area (Å²) in [7, 11) is 1.75. The third-order valence-corrected chi connectivity index (χ3v) is 5.20. The maximum atomic E-state index is 12.3. The molecule has 0 bridgehead atoms. The highest BCUT2D eigenvalue weighted by molar-refractivity contribution is 14.0. The second-order valence-corrected chi connectivity index (χ2v) is 7.42. The smallest absolute Gasteiger partial charge is 0.224 e. The molecule has 1 atom stereocenters. The molecule has 1 aliphatic rings. The Morgan fingerprint density at radius 2 is 2.17 bits per heavy atom. The molecule has 1 aromatic heterocycles. The van der Waals surface area contributed by atoms with Gasteiger partial charge >= 0.3 is 0 Å². The molecule has 0 spiro atoms. The Balaban J connectivity index is 0.00000288. The van der Waals surface area contributed by atoms with Crippen molar-refractivity contribution in [1.82, 2.24) is 15.5 Å². The lowest BCUT2D eigenvalue weighted by molar-refractivity contribution is -0.134. The third kappa shape index (κ3) is 6.58. The van der Waals surface area contributed by atoms with Crippen LogP contribution in [-0.4, -0.2) is 42.9 Å². The fraction of sp³-hybridized carbons (Fsp3) is 0.647. The fourth-order valence-electron chi connectivity index (χ4n) is 2.87. The second kappa shape index (κ2) is 10.9. The van der Waals surface area contributed by atoms with Gasteiger partial charge in [0.1, 0.15) is 0 Å². The average molecular weight is 464 g/mol. The maximum absolute atomic E-state index is 12.3. The number of halogens is 1. The summed E-state index contributed by atoms with van der Waals surface area (Å²) in [6.45, 7) is 6.54. The first-order chi connectivity index (χ1) is 11.1. The van der Waals surface area contributed by atoms with E-state index >= 15 is 0 Å². The Hall–Kier alpha value is -0.830. The van der Waals surface area contributed by atoms with Crippen LogP contribution in [0.5, 0.6) is 0 Å². The number of amides is 1. The number of rotatable bonds is 5. The minimum atomic E-state index is 0. The van der Waals surface area contributed by atoms with E-state index in [0.29, 0.717) is 19.0 Å². The van der Waals surface area contributed by atoms with Gasteiger partial charge in [0.05, 0.1) is 6.54 Å². The first-order valence-corrected chi connectivity index (χ1v) is 9.21. The maximum Gasteiger partial charge on any atom is 0.224 e. The molecule has 24 heavy (non-hydrogen) atoms. The zero-order chi connectivity index (χ0) is 16.7. The molecule has 1 amide bonds. The van der Waals surface area contributed by atoms with Gasteiger partial charge in [-0.15, -0.1) is 35.3 Å². The molecule has 1 fully saturated rings. The summed E-state index contributed by atoms with van der Waals surface area (Å²) in [6.07, 6.45) is 4.01. The number of hydrogen-bond acceptors (Lipinski definition) is 3. The number of piperidine rings is 1. The summed E-state index contributed by atoms with van der Waals surface area (Å²) in [4.78, 5) is 21.1. The molecule has 0 aromatic carbocycles. The molecular formula is C17H29IN4OS. The van der Waals surface area contributed by atoms with Crippen LogP contribution in [0.15, 0.2) is 17.1 Å². The number of thiophene rings is 1. The largest absolute Gasteiger partial charge is 0.356 e. The van der Waals surface area contributed by atoms with Gasteiger partial charge in [-0.1, -0.05) is 0 Å². The van der Waals surface area contributed by atoms with Crippen LogP contribution in [0.4, 0.5) is 0 Å². The number of aryl methyl sites for hydroxylation is 1. The van der Waals surface area contributed by atoms with Gasteiger partial charge in [0.2, 0.25) is 5.91 Å². The number of carbonyl (C=O) groups excluding carboxylic acids is 1. The Bertz CT molecular complexity index is 546. The average Bonchev–Trinajstić information content (AvgIpc) is 2.96. The summed E-state index contributed by atoms with van der Waals surface area (Å²) in [5.74, 6) is 0.990. The molecule has 1 saturated heterocycles. The van der Waals surface area contributed by atoms with Crippen LogP contribution in [0.2, 0.25) is 0 Å². The van der Waals surface area contributed by atoms with Crippen LogP contribution in [0.1, 0.15) is 42.4 Å². The molecule has 0 radical (unpaired) electrons. The van der Waals surface area contributed by atoms with Crippen molar-refractivity contribution < 1.29 is 4.79 Å². The van der Waals surface area contributed by atoms with E-state index in [9.17, 15) is 4.79 Å². The van der Waals surface area contributed by atoms with Gasteiger partial charge < -0.3 is 15.5 Å². The Kier molecular flexibility index (Phi) is 9.65. The summed E-state index contributed by atoms with van der Waals surface area (Å²) in [6, 6.07) is 4.63. The molecule has 2 rings (SSSR count). The number of guanidine groups is 1. The van der Waals surface area contributed by atoms with Gasteiger partial charge in [-0.3, -0.25) is 9.79 Å². The number of nitrogens with zero attached hydrogens (tertiary/aromatic N) is 2. The molecule has 7 heteroatoms. The molecule has 0 aliphatic carbocycles. The van der Waals surface area contributed by atoms with Gasteiger partial charge in [0.25, 0.3) is 0 Å². The molecule has 5 nitrogen and oxygen atoms in total. The normalized spacial score (nSPS) is 18.0. The van der Waals surface area contributed by atoms with E-state index in [0.717, 1.165) is 31.9 Å². The lowest BCUT2D eigenvalue weighted by Gasteiger charge is -2.33. The summed E-state index contributed by atoms with van der Waals surface area (Å²) in [5.41, 5.74) is 0. The summed E-state index contributed by atoms with van der Waals surface area (Å²) < 4.78 is 0. The van der Waals surface area contributed by atoms with Crippen LogP contribution in [0, 0.1) is 6.92 Å². The zero-order valence-electron chi connectivity index (χ0n) is 14.8.